The highest BCUT2D eigenvalue weighted by atomic mass is 15.4. The van der Waals surface area contributed by atoms with Gasteiger partial charge in [0.1, 0.15) is 0 Å². The molecule has 1 aromatic carbocycles. The zero-order chi connectivity index (χ0) is 10.8. The SMILES string of the molecule is Cc1cc(C)cc(Cn2cc(N)nn2)c1. The van der Waals surface area contributed by atoms with Gasteiger partial charge in [0.05, 0.1) is 12.7 Å². The molecule has 2 aromatic rings. The summed E-state index contributed by atoms with van der Waals surface area (Å²) >= 11 is 0. The molecule has 1 aromatic heterocycles. The normalized spacial score (nSPS) is 10.5. The number of nitrogen functional groups attached to an aromatic ring is 1. The second kappa shape index (κ2) is 3.73. The summed E-state index contributed by atoms with van der Waals surface area (Å²) in [6.07, 6.45) is 1.73. The largest absolute Gasteiger partial charge is 0.381 e. The van der Waals surface area contributed by atoms with Gasteiger partial charge >= 0.3 is 0 Å². The molecule has 15 heavy (non-hydrogen) atoms. The van der Waals surface area contributed by atoms with Gasteiger partial charge in [-0.3, -0.25) is 0 Å². The van der Waals surface area contributed by atoms with E-state index in [4.69, 9.17) is 5.73 Å². The Morgan fingerprint density at radius 2 is 1.87 bits per heavy atom. The maximum atomic E-state index is 5.50. The van der Waals surface area contributed by atoms with Gasteiger partial charge in [-0.2, -0.15) is 0 Å². The molecule has 1 heterocycles. The van der Waals surface area contributed by atoms with Gasteiger partial charge in [0.25, 0.3) is 0 Å². The van der Waals surface area contributed by atoms with Crippen molar-refractivity contribution >= 4 is 5.82 Å². The number of rotatable bonds is 2. The van der Waals surface area contributed by atoms with Crippen LogP contribution in [0, 0.1) is 13.8 Å². The van der Waals surface area contributed by atoms with Crippen molar-refractivity contribution in [2.24, 2.45) is 0 Å². The Morgan fingerprint density at radius 3 is 2.40 bits per heavy atom. The van der Waals surface area contributed by atoms with Crippen molar-refractivity contribution in [3.63, 3.8) is 0 Å². The molecule has 0 radical (unpaired) electrons. The van der Waals surface area contributed by atoms with E-state index in [0.717, 1.165) is 0 Å². The fourth-order valence-electron chi connectivity index (χ4n) is 1.74. The summed E-state index contributed by atoms with van der Waals surface area (Å²) in [5, 5.41) is 7.66. The van der Waals surface area contributed by atoms with E-state index in [-0.39, 0.29) is 0 Å². The highest BCUT2D eigenvalue weighted by Crippen LogP contribution is 2.10. The summed E-state index contributed by atoms with van der Waals surface area (Å²) in [7, 11) is 0. The molecule has 0 unspecified atom stereocenters. The zero-order valence-corrected chi connectivity index (χ0v) is 8.94. The van der Waals surface area contributed by atoms with Crippen LogP contribution in [-0.2, 0) is 6.54 Å². The lowest BCUT2D eigenvalue weighted by Gasteiger charge is -2.04. The third-order valence-corrected chi connectivity index (χ3v) is 2.18. The number of hydrogen-bond acceptors (Lipinski definition) is 3. The summed E-state index contributed by atoms with van der Waals surface area (Å²) in [5.74, 6) is 0.458. The van der Waals surface area contributed by atoms with Crippen LogP contribution in [0.1, 0.15) is 16.7 Å². The van der Waals surface area contributed by atoms with E-state index in [0.29, 0.717) is 12.4 Å². The quantitative estimate of drug-likeness (QED) is 0.803. The predicted molar refractivity (Wildman–Crippen MR) is 59.5 cm³/mol. The molecular formula is C11H14N4. The Morgan fingerprint density at radius 1 is 1.20 bits per heavy atom. The minimum atomic E-state index is 0.458. The van der Waals surface area contributed by atoms with Crippen LogP contribution in [0.5, 0.6) is 0 Å². The Labute approximate surface area is 88.7 Å². The minimum absolute atomic E-state index is 0.458. The first kappa shape index (κ1) is 9.71. The van der Waals surface area contributed by atoms with Crippen molar-refractivity contribution < 1.29 is 0 Å². The van der Waals surface area contributed by atoms with Crippen LogP contribution in [0.2, 0.25) is 0 Å². The molecule has 2 rings (SSSR count). The molecule has 0 amide bonds. The third-order valence-electron chi connectivity index (χ3n) is 2.18. The highest BCUT2D eigenvalue weighted by Gasteiger charge is 1.99. The monoisotopic (exact) mass is 202 g/mol. The predicted octanol–water partition coefficient (Wildman–Crippen LogP) is 1.53. The van der Waals surface area contributed by atoms with Crippen molar-refractivity contribution in [2.45, 2.75) is 20.4 Å². The Bertz CT molecular complexity index is 453. The van der Waals surface area contributed by atoms with Crippen LogP contribution in [0.15, 0.2) is 24.4 Å². The number of aryl methyl sites for hydroxylation is 2. The summed E-state index contributed by atoms with van der Waals surface area (Å²) in [4.78, 5) is 0. The first-order valence-electron chi connectivity index (χ1n) is 4.86. The second-order valence-electron chi connectivity index (χ2n) is 3.84. The van der Waals surface area contributed by atoms with Gasteiger partial charge in [0.2, 0.25) is 0 Å². The van der Waals surface area contributed by atoms with Crippen molar-refractivity contribution in [3.8, 4) is 0 Å². The van der Waals surface area contributed by atoms with Gasteiger partial charge in [0, 0.05) is 0 Å². The van der Waals surface area contributed by atoms with E-state index in [1.165, 1.54) is 16.7 Å². The minimum Gasteiger partial charge on any atom is -0.381 e. The molecule has 0 atom stereocenters. The van der Waals surface area contributed by atoms with Crippen molar-refractivity contribution in [3.05, 3.63) is 41.1 Å². The molecule has 0 aliphatic carbocycles. The van der Waals surface area contributed by atoms with E-state index in [1.807, 2.05) is 0 Å². The molecule has 2 N–H and O–H groups in total. The summed E-state index contributed by atoms with van der Waals surface area (Å²) in [6.45, 7) is 4.89. The van der Waals surface area contributed by atoms with E-state index >= 15 is 0 Å². The molecule has 0 saturated carbocycles. The van der Waals surface area contributed by atoms with Gasteiger partial charge in [-0.1, -0.05) is 34.5 Å². The average Bonchev–Trinajstić information content (AvgIpc) is 2.49. The van der Waals surface area contributed by atoms with Crippen LogP contribution < -0.4 is 5.73 Å². The standard InChI is InChI=1S/C11H14N4/c1-8-3-9(2)5-10(4-8)6-15-7-11(12)13-14-15/h3-5,7H,6,12H2,1-2H3. The summed E-state index contributed by atoms with van der Waals surface area (Å²) in [5.41, 5.74) is 9.24. The van der Waals surface area contributed by atoms with Crippen molar-refractivity contribution in [1.82, 2.24) is 15.0 Å². The Kier molecular flexibility index (Phi) is 2.41. The summed E-state index contributed by atoms with van der Waals surface area (Å²) in [6, 6.07) is 6.44. The van der Waals surface area contributed by atoms with E-state index in [1.54, 1.807) is 10.9 Å². The summed E-state index contributed by atoms with van der Waals surface area (Å²) < 4.78 is 1.74. The molecule has 4 nitrogen and oxygen atoms in total. The van der Waals surface area contributed by atoms with Crippen molar-refractivity contribution in [1.29, 1.82) is 0 Å². The number of benzene rings is 1. The number of hydrogen-bond donors (Lipinski definition) is 1. The Hall–Kier alpha value is -1.84. The zero-order valence-electron chi connectivity index (χ0n) is 8.94. The van der Waals surface area contributed by atoms with Crippen molar-refractivity contribution in [2.75, 3.05) is 5.73 Å². The van der Waals surface area contributed by atoms with Crippen LogP contribution in [0.4, 0.5) is 5.82 Å². The van der Waals surface area contributed by atoms with Gasteiger partial charge in [-0.15, -0.1) is 5.10 Å². The maximum Gasteiger partial charge on any atom is 0.165 e. The second-order valence-corrected chi connectivity index (χ2v) is 3.84. The molecule has 0 aliphatic heterocycles. The topological polar surface area (TPSA) is 56.7 Å². The third kappa shape index (κ3) is 2.34. The van der Waals surface area contributed by atoms with Gasteiger partial charge in [0.15, 0.2) is 5.82 Å². The number of anilines is 1. The fourth-order valence-corrected chi connectivity index (χ4v) is 1.74. The lowest BCUT2D eigenvalue weighted by atomic mass is 10.1. The van der Waals surface area contributed by atoms with E-state index in [9.17, 15) is 0 Å². The van der Waals surface area contributed by atoms with E-state index < -0.39 is 0 Å². The molecular weight excluding hydrogens is 188 g/mol. The van der Waals surface area contributed by atoms with E-state index in [2.05, 4.69) is 42.4 Å². The first-order chi connectivity index (χ1) is 7.13. The Balaban J connectivity index is 2.24. The number of nitrogens with zero attached hydrogens (tertiary/aromatic N) is 3. The van der Waals surface area contributed by atoms with Gasteiger partial charge < -0.3 is 5.73 Å². The fraction of sp³-hybridized carbons (Fsp3) is 0.273. The molecule has 0 spiro atoms. The first-order valence-corrected chi connectivity index (χ1v) is 4.86. The molecule has 78 valence electrons. The van der Waals surface area contributed by atoms with Crippen LogP contribution in [-0.4, -0.2) is 15.0 Å². The average molecular weight is 202 g/mol. The molecule has 0 bridgehead atoms. The van der Waals surface area contributed by atoms with Crippen LogP contribution in [0.25, 0.3) is 0 Å². The number of aromatic nitrogens is 3. The molecule has 0 fully saturated rings. The smallest absolute Gasteiger partial charge is 0.165 e. The molecule has 4 heteroatoms. The van der Waals surface area contributed by atoms with Crippen LogP contribution in [0.3, 0.4) is 0 Å². The van der Waals surface area contributed by atoms with Crippen LogP contribution >= 0.6 is 0 Å². The van der Waals surface area contributed by atoms with Gasteiger partial charge in [-0.05, 0) is 19.4 Å². The van der Waals surface area contributed by atoms with Gasteiger partial charge in [-0.25, -0.2) is 4.68 Å². The molecule has 0 aliphatic rings. The molecule has 0 saturated heterocycles. The number of nitrogens with two attached hydrogens (primary N) is 1. The lowest BCUT2D eigenvalue weighted by Crippen LogP contribution is -2.01. The highest BCUT2D eigenvalue weighted by molar-refractivity contribution is 5.29. The maximum absolute atomic E-state index is 5.50. The lowest BCUT2D eigenvalue weighted by molar-refractivity contribution is 0.649.